The summed E-state index contributed by atoms with van der Waals surface area (Å²) >= 11 is 0. The van der Waals surface area contributed by atoms with Gasteiger partial charge in [0.15, 0.2) is 5.69 Å². The van der Waals surface area contributed by atoms with Gasteiger partial charge in [0.25, 0.3) is 0 Å². The van der Waals surface area contributed by atoms with Crippen LogP contribution in [-0.4, -0.2) is 45.9 Å². The molecular weight excluding hydrogens is 586 g/mol. The van der Waals surface area contributed by atoms with E-state index in [0.29, 0.717) is 50.1 Å². The number of β-lactam (4-membered cyclic amide) rings is 1. The van der Waals surface area contributed by atoms with Gasteiger partial charge in [-0.15, -0.1) is 0 Å². The summed E-state index contributed by atoms with van der Waals surface area (Å²) < 4.78 is 43.7. The Hall–Kier alpha value is -4.45. The fourth-order valence-corrected chi connectivity index (χ4v) is 5.86. The van der Waals surface area contributed by atoms with E-state index in [1.54, 1.807) is 17.0 Å². The number of hydrogen-bond donors (Lipinski definition) is 2. The Morgan fingerprint density at radius 3 is 2.29 bits per heavy atom. The van der Waals surface area contributed by atoms with Crippen molar-refractivity contribution in [3.63, 3.8) is 0 Å². The van der Waals surface area contributed by atoms with Crippen LogP contribution in [0.1, 0.15) is 64.5 Å². The minimum atomic E-state index is -1.17. The molecule has 1 amide bonds. The number of aryl methyl sites for hydroxylation is 1. The number of carbonyl (C=O) groups is 2. The molecule has 0 unspecified atom stereocenters. The molecule has 0 aliphatic carbocycles. The molecule has 0 radical (unpaired) electrons. The van der Waals surface area contributed by atoms with Crippen molar-refractivity contribution in [3.8, 4) is 0 Å². The first-order valence-corrected chi connectivity index (χ1v) is 14.7. The molecular formula is C34H32F2N2O7. The van der Waals surface area contributed by atoms with Crippen LogP contribution in [0.3, 0.4) is 0 Å². The van der Waals surface area contributed by atoms with Crippen LogP contribution in [0.5, 0.6) is 0 Å². The smallest absolute Gasteiger partial charge is 0.357 e. The molecule has 2 N–H and O–H groups in total. The number of hydrogen-bond acceptors (Lipinski definition) is 7. The van der Waals surface area contributed by atoms with Crippen LogP contribution in [0, 0.1) is 17.6 Å². The largest absolute Gasteiger partial charge is 0.476 e. The number of carboxylic acids is 1. The van der Waals surface area contributed by atoms with Crippen molar-refractivity contribution < 1.29 is 42.5 Å². The van der Waals surface area contributed by atoms with Gasteiger partial charge >= 0.3 is 5.97 Å². The topological polar surface area (TPSA) is 122 Å². The molecule has 234 valence electrons. The summed E-state index contributed by atoms with van der Waals surface area (Å²) in [5.41, 5.74) is 2.44. The van der Waals surface area contributed by atoms with Crippen molar-refractivity contribution >= 4 is 17.6 Å². The zero-order valence-electron chi connectivity index (χ0n) is 24.3. The predicted molar refractivity (Wildman–Crippen MR) is 157 cm³/mol. The second-order valence-electron chi connectivity index (χ2n) is 11.5. The van der Waals surface area contributed by atoms with Crippen molar-refractivity contribution in [2.45, 2.75) is 50.0 Å². The zero-order valence-corrected chi connectivity index (χ0v) is 24.3. The van der Waals surface area contributed by atoms with Gasteiger partial charge in [0.2, 0.25) is 11.8 Å². The van der Waals surface area contributed by atoms with Crippen LogP contribution in [0.2, 0.25) is 0 Å². The van der Waals surface area contributed by atoms with Gasteiger partial charge in [-0.1, -0.05) is 36.4 Å². The average Bonchev–Trinajstić information content (AvgIpc) is 3.50. The summed E-state index contributed by atoms with van der Waals surface area (Å²) in [4.78, 5) is 30.0. The third kappa shape index (κ3) is 6.65. The van der Waals surface area contributed by atoms with Gasteiger partial charge in [-0.05, 0) is 78.8 Å². The summed E-state index contributed by atoms with van der Waals surface area (Å²) in [6.07, 6.45) is 2.33. The van der Waals surface area contributed by atoms with Crippen LogP contribution in [0.15, 0.2) is 83.5 Å². The Kier molecular flexibility index (Phi) is 8.75. The number of carboxylic acid groups (broad SMARTS) is 1. The van der Waals surface area contributed by atoms with E-state index in [0.717, 1.165) is 17.4 Å². The molecule has 3 heterocycles. The minimum absolute atomic E-state index is 0.0295. The van der Waals surface area contributed by atoms with Crippen molar-refractivity contribution in [1.29, 1.82) is 0 Å². The molecule has 2 aliphatic rings. The highest BCUT2D eigenvalue weighted by Gasteiger charge is 2.48. The van der Waals surface area contributed by atoms with E-state index in [9.17, 15) is 23.5 Å². The number of rotatable bonds is 13. The number of aliphatic hydroxyl groups excluding tert-OH is 1. The van der Waals surface area contributed by atoms with Gasteiger partial charge in [-0.25, -0.2) is 18.6 Å². The number of aromatic carboxylic acids is 1. The van der Waals surface area contributed by atoms with E-state index in [2.05, 4.69) is 4.98 Å². The number of oxazole rings is 1. The minimum Gasteiger partial charge on any atom is -0.476 e. The number of ether oxygens (including phenoxy) is 2. The number of amides is 1. The maximum absolute atomic E-state index is 13.7. The highest BCUT2D eigenvalue weighted by molar-refractivity contribution is 6.03. The van der Waals surface area contributed by atoms with Gasteiger partial charge in [0.05, 0.1) is 31.3 Å². The van der Waals surface area contributed by atoms with Crippen LogP contribution < -0.4 is 4.90 Å². The fraction of sp³-hybridized carbons (Fsp3) is 0.324. The molecule has 1 aromatic heterocycles. The van der Waals surface area contributed by atoms with Crippen LogP contribution in [0.25, 0.3) is 0 Å². The Morgan fingerprint density at radius 1 is 1.02 bits per heavy atom. The number of nitrogens with zero attached hydrogens (tertiary/aromatic N) is 2. The standard InChI is InChI=1S/C34H32F2N2O7/c35-24-7-5-22(6-8-24)29(39)14-13-27-31(38(32(27)40)26-11-9-25(36)10-12-26)23-3-1-21(2-4-23)15-16-34(19-43-20-34)45-18-30-37-28(17-44-30)33(41)42/h1-12,17,27,29,31,39H,13-16,18-20H2,(H,41,42)/t27-,29+,31-/m1/s1. The fourth-order valence-electron chi connectivity index (χ4n) is 5.86. The van der Waals surface area contributed by atoms with Gasteiger partial charge in [0.1, 0.15) is 30.1 Å². The maximum atomic E-state index is 13.7. The molecule has 9 nitrogen and oxygen atoms in total. The molecule has 2 saturated heterocycles. The first-order chi connectivity index (χ1) is 21.7. The van der Waals surface area contributed by atoms with E-state index < -0.39 is 29.4 Å². The second kappa shape index (κ2) is 12.9. The molecule has 11 heteroatoms. The SMILES string of the molecule is O=C(O)c1coc(COC2(CCc3ccc([C@@H]4[C@@H](CC[C@H](O)c5ccc(F)cc5)C(=O)N4c4ccc(F)cc4)cc3)COC2)n1. The quantitative estimate of drug-likeness (QED) is 0.181. The molecule has 2 aliphatic heterocycles. The van der Waals surface area contributed by atoms with E-state index >= 15 is 0 Å². The lowest BCUT2D eigenvalue weighted by Gasteiger charge is -2.48. The lowest BCUT2D eigenvalue weighted by Crippen LogP contribution is -2.55. The lowest BCUT2D eigenvalue weighted by atomic mass is 9.78. The summed E-state index contributed by atoms with van der Waals surface area (Å²) in [7, 11) is 0. The number of aliphatic hydroxyl groups is 1. The summed E-state index contributed by atoms with van der Waals surface area (Å²) in [6.45, 7) is 0.835. The number of benzene rings is 3. The van der Waals surface area contributed by atoms with E-state index in [-0.39, 0.29) is 36.0 Å². The number of halogens is 2. The second-order valence-corrected chi connectivity index (χ2v) is 11.5. The van der Waals surface area contributed by atoms with Crippen LogP contribution >= 0.6 is 0 Å². The monoisotopic (exact) mass is 618 g/mol. The van der Waals surface area contributed by atoms with Gasteiger partial charge in [0, 0.05) is 5.69 Å². The van der Waals surface area contributed by atoms with Crippen LogP contribution in [-0.2, 0) is 27.3 Å². The third-order valence-electron chi connectivity index (χ3n) is 8.52. The molecule has 6 rings (SSSR count). The molecule has 0 saturated carbocycles. The lowest BCUT2D eigenvalue weighted by molar-refractivity contribution is -0.220. The van der Waals surface area contributed by atoms with Gasteiger partial charge in [-0.2, -0.15) is 0 Å². The first-order valence-electron chi connectivity index (χ1n) is 14.7. The molecule has 45 heavy (non-hydrogen) atoms. The first kappa shape index (κ1) is 30.6. The highest BCUT2D eigenvalue weighted by Crippen LogP contribution is 2.46. The zero-order chi connectivity index (χ0) is 31.6. The summed E-state index contributed by atoms with van der Waals surface area (Å²) in [5, 5.41) is 19.7. The van der Waals surface area contributed by atoms with Crippen molar-refractivity contribution in [3.05, 3.63) is 119 Å². The van der Waals surface area contributed by atoms with Gasteiger partial charge < -0.3 is 29.0 Å². The summed E-state index contributed by atoms with van der Waals surface area (Å²) in [6, 6.07) is 19.2. The molecule has 2 fully saturated rings. The predicted octanol–water partition coefficient (Wildman–Crippen LogP) is 5.79. The number of anilines is 1. The number of carbonyl (C=O) groups excluding carboxylic acids is 1. The molecule has 0 bridgehead atoms. The van der Waals surface area contributed by atoms with Crippen molar-refractivity contribution in [2.24, 2.45) is 5.92 Å². The average molecular weight is 619 g/mol. The highest BCUT2D eigenvalue weighted by atomic mass is 19.1. The molecule has 4 aromatic rings. The Morgan fingerprint density at radius 2 is 1.69 bits per heavy atom. The van der Waals surface area contributed by atoms with Crippen molar-refractivity contribution in [2.75, 3.05) is 18.1 Å². The van der Waals surface area contributed by atoms with Gasteiger partial charge in [-0.3, -0.25) is 4.79 Å². The van der Waals surface area contributed by atoms with Crippen LogP contribution in [0.4, 0.5) is 14.5 Å². The summed E-state index contributed by atoms with van der Waals surface area (Å²) in [5.74, 6) is -2.26. The van der Waals surface area contributed by atoms with Crippen molar-refractivity contribution in [1.82, 2.24) is 4.98 Å². The normalized spacial score (nSPS) is 19.5. The number of aromatic nitrogens is 1. The van der Waals surface area contributed by atoms with E-state index in [4.69, 9.17) is 19.0 Å². The Balaban J connectivity index is 1.12. The van der Waals surface area contributed by atoms with E-state index in [1.807, 2.05) is 24.3 Å². The molecule has 0 spiro atoms. The maximum Gasteiger partial charge on any atom is 0.357 e. The molecule has 3 atom stereocenters. The Labute approximate surface area is 258 Å². The Bertz CT molecular complexity index is 1640. The van der Waals surface area contributed by atoms with E-state index in [1.165, 1.54) is 36.4 Å². The third-order valence-corrected chi connectivity index (χ3v) is 8.52. The molecule has 3 aromatic carbocycles.